The molecule has 1 aromatic carbocycles. The normalized spacial score (nSPS) is 12.5. The van der Waals surface area contributed by atoms with Gasteiger partial charge in [0, 0.05) is 0 Å². The Kier molecular flexibility index (Phi) is 5.10. The minimum Gasteiger partial charge on any atom is -0.497 e. The van der Waals surface area contributed by atoms with E-state index < -0.39 is 6.10 Å². The van der Waals surface area contributed by atoms with Crippen LogP contribution in [0.1, 0.15) is 18.6 Å². The quantitative estimate of drug-likeness (QED) is 0.549. The molecule has 4 heteroatoms. The highest BCUT2D eigenvalue weighted by molar-refractivity contribution is 5.28. The fourth-order valence-electron chi connectivity index (χ4n) is 1.18. The molecule has 0 radical (unpaired) electrons. The van der Waals surface area contributed by atoms with Crippen LogP contribution in [0.15, 0.2) is 24.3 Å². The van der Waals surface area contributed by atoms with Gasteiger partial charge in [0.2, 0.25) is 0 Å². The maximum Gasteiger partial charge on any atom is 0.118 e. The third-order valence-corrected chi connectivity index (χ3v) is 2.02. The number of ether oxygens (including phenoxy) is 1. The summed E-state index contributed by atoms with van der Waals surface area (Å²) in [6, 6.07) is 7.30. The topological polar surface area (TPSA) is 50.7 Å². The predicted octanol–water partition coefficient (Wildman–Crippen LogP) is 1.27. The highest BCUT2D eigenvalue weighted by Crippen LogP contribution is 2.16. The number of hydrogen-bond donors (Lipinski definition) is 2. The SMILES string of the molecule is CCONCC(O)c1ccc(OC)cc1. The van der Waals surface area contributed by atoms with Crippen molar-refractivity contribution in [2.75, 3.05) is 20.3 Å². The van der Waals surface area contributed by atoms with E-state index >= 15 is 0 Å². The zero-order valence-electron chi connectivity index (χ0n) is 9.06. The standard InChI is InChI=1S/C11H17NO3/c1-3-15-12-8-11(13)9-4-6-10(14-2)7-5-9/h4-7,11-13H,3,8H2,1-2H3. The van der Waals surface area contributed by atoms with E-state index in [2.05, 4.69) is 5.48 Å². The highest BCUT2D eigenvalue weighted by atomic mass is 16.6. The summed E-state index contributed by atoms with van der Waals surface area (Å²) in [5, 5.41) is 9.73. The molecule has 4 nitrogen and oxygen atoms in total. The lowest BCUT2D eigenvalue weighted by molar-refractivity contribution is 0.0209. The van der Waals surface area contributed by atoms with Crippen LogP contribution in [0.4, 0.5) is 0 Å². The van der Waals surface area contributed by atoms with Crippen LogP contribution in [0.3, 0.4) is 0 Å². The second kappa shape index (κ2) is 6.40. The van der Waals surface area contributed by atoms with Gasteiger partial charge < -0.3 is 14.7 Å². The Labute approximate surface area is 89.8 Å². The van der Waals surface area contributed by atoms with Crippen molar-refractivity contribution in [1.29, 1.82) is 0 Å². The number of aliphatic hydroxyl groups is 1. The molecule has 0 spiro atoms. The number of aliphatic hydroxyl groups excluding tert-OH is 1. The zero-order valence-corrected chi connectivity index (χ0v) is 9.06. The molecule has 0 fully saturated rings. The lowest BCUT2D eigenvalue weighted by Crippen LogP contribution is -2.21. The first kappa shape index (κ1) is 12.0. The Balaban J connectivity index is 2.46. The van der Waals surface area contributed by atoms with Gasteiger partial charge in [0.1, 0.15) is 5.75 Å². The van der Waals surface area contributed by atoms with Crippen molar-refractivity contribution in [3.05, 3.63) is 29.8 Å². The third kappa shape index (κ3) is 3.87. The van der Waals surface area contributed by atoms with Crippen LogP contribution in [-0.4, -0.2) is 25.4 Å². The fourth-order valence-corrected chi connectivity index (χ4v) is 1.18. The van der Waals surface area contributed by atoms with Crippen molar-refractivity contribution in [2.24, 2.45) is 0 Å². The molecule has 15 heavy (non-hydrogen) atoms. The van der Waals surface area contributed by atoms with Gasteiger partial charge in [0.15, 0.2) is 0 Å². The Morgan fingerprint density at radius 2 is 2.00 bits per heavy atom. The fraction of sp³-hybridized carbons (Fsp3) is 0.455. The maximum atomic E-state index is 9.73. The molecule has 0 aromatic heterocycles. The van der Waals surface area contributed by atoms with E-state index in [1.165, 1.54) is 0 Å². The number of rotatable bonds is 6. The average molecular weight is 211 g/mol. The van der Waals surface area contributed by atoms with Crippen LogP contribution in [0.2, 0.25) is 0 Å². The molecular formula is C11H17NO3. The average Bonchev–Trinajstić information content (AvgIpc) is 2.29. The van der Waals surface area contributed by atoms with E-state index in [0.717, 1.165) is 11.3 Å². The number of hydrogen-bond acceptors (Lipinski definition) is 4. The van der Waals surface area contributed by atoms with Crippen molar-refractivity contribution < 1.29 is 14.7 Å². The molecule has 0 saturated carbocycles. The lowest BCUT2D eigenvalue weighted by Gasteiger charge is -2.12. The van der Waals surface area contributed by atoms with E-state index in [0.29, 0.717) is 13.2 Å². The second-order valence-electron chi connectivity index (χ2n) is 3.07. The number of nitrogens with one attached hydrogen (secondary N) is 1. The van der Waals surface area contributed by atoms with Gasteiger partial charge in [-0.25, -0.2) is 0 Å². The molecule has 0 aliphatic rings. The molecular weight excluding hydrogens is 194 g/mol. The first-order valence-electron chi connectivity index (χ1n) is 4.94. The molecule has 1 atom stereocenters. The number of hydroxylamine groups is 1. The van der Waals surface area contributed by atoms with Crippen LogP contribution in [0.25, 0.3) is 0 Å². The third-order valence-electron chi connectivity index (χ3n) is 2.02. The Morgan fingerprint density at radius 3 is 2.53 bits per heavy atom. The first-order valence-corrected chi connectivity index (χ1v) is 4.94. The highest BCUT2D eigenvalue weighted by Gasteiger charge is 2.06. The summed E-state index contributed by atoms with van der Waals surface area (Å²) in [7, 11) is 1.61. The molecule has 1 rings (SSSR count). The molecule has 0 saturated heterocycles. The smallest absolute Gasteiger partial charge is 0.118 e. The van der Waals surface area contributed by atoms with Gasteiger partial charge in [0.25, 0.3) is 0 Å². The molecule has 0 heterocycles. The summed E-state index contributed by atoms with van der Waals surface area (Å²) in [5.41, 5.74) is 3.52. The van der Waals surface area contributed by atoms with E-state index in [4.69, 9.17) is 9.57 Å². The minimum absolute atomic E-state index is 0.375. The van der Waals surface area contributed by atoms with Crippen molar-refractivity contribution in [1.82, 2.24) is 5.48 Å². The van der Waals surface area contributed by atoms with Crippen molar-refractivity contribution in [3.63, 3.8) is 0 Å². The van der Waals surface area contributed by atoms with Crippen molar-refractivity contribution in [3.8, 4) is 5.75 Å². The van der Waals surface area contributed by atoms with Gasteiger partial charge in [-0.15, -0.1) is 0 Å². The summed E-state index contributed by atoms with van der Waals surface area (Å²) >= 11 is 0. The Morgan fingerprint density at radius 1 is 1.33 bits per heavy atom. The van der Waals surface area contributed by atoms with Gasteiger partial charge in [-0.3, -0.25) is 0 Å². The van der Waals surface area contributed by atoms with Crippen LogP contribution in [0.5, 0.6) is 5.75 Å². The molecule has 1 aromatic rings. The van der Waals surface area contributed by atoms with E-state index in [1.54, 1.807) is 7.11 Å². The molecule has 1 unspecified atom stereocenters. The van der Waals surface area contributed by atoms with Gasteiger partial charge in [-0.2, -0.15) is 5.48 Å². The van der Waals surface area contributed by atoms with Crippen molar-refractivity contribution in [2.45, 2.75) is 13.0 Å². The zero-order chi connectivity index (χ0) is 11.1. The molecule has 2 N–H and O–H groups in total. The summed E-state index contributed by atoms with van der Waals surface area (Å²) in [4.78, 5) is 4.94. The summed E-state index contributed by atoms with van der Waals surface area (Å²) in [5.74, 6) is 0.781. The molecule has 0 amide bonds. The van der Waals surface area contributed by atoms with Crippen LogP contribution in [0, 0.1) is 0 Å². The largest absolute Gasteiger partial charge is 0.497 e. The van der Waals surface area contributed by atoms with Crippen molar-refractivity contribution >= 4 is 0 Å². The molecule has 84 valence electrons. The molecule has 0 aliphatic carbocycles. The Bertz CT molecular complexity index is 274. The summed E-state index contributed by atoms with van der Waals surface area (Å²) in [6.07, 6.45) is -0.567. The van der Waals surface area contributed by atoms with Gasteiger partial charge >= 0.3 is 0 Å². The maximum absolute atomic E-state index is 9.73. The van der Waals surface area contributed by atoms with E-state index in [9.17, 15) is 5.11 Å². The summed E-state index contributed by atoms with van der Waals surface area (Å²) < 4.78 is 5.03. The van der Waals surface area contributed by atoms with Gasteiger partial charge in [0.05, 0.1) is 26.4 Å². The predicted molar refractivity (Wildman–Crippen MR) is 57.6 cm³/mol. The van der Waals surface area contributed by atoms with Crippen LogP contribution in [-0.2, 0) is 4.84 Å². The monoisotopic (exact) mass is 211 g/mol. The Hall–Kier alpha value is -1.10. The summed E-state index contributed by atoms with van der Waals surface area (Å²) in [6.45, 7) is 2.84. The minimum atomic E-state index is -0.567. The first-order chi connectivity index (χ1) is 7.27. The van der Waals surface area contributed by atoms with E-state index in [1.807, 2.05) is 31.2 Å². The van der Waals surface area contributed by atoms with E-state index in [-0.39, 0.29) is 0 Å². The molecule has 0 aliphatic heterocycles. The van der Waals surface area contributed by atoms with Gasteiger partial charge in [-0.05, 0) is 24.6 Å². The van der Waals surface area contributed by atoms with Crippen LogP contribution >= 0.6 is 0 Å². The van der Waals surface area contributed by atoms with Crippen LogP contribution < -0.4 is 10.2 Å². The second-order valence-corrected chi connectivity index (χ2v) is 3.07. The van der Waals surface area contributed by atoms with Gasteiger partial charge in [-0.1, -0.05) is 12.1 Å². The molecule has 0 bridgehead atoms. The number of methoxy groups -OCH3 is 1. The lowest BCUT2D eigenvalue weighted by atomic mass is 10.1. The number of benzene rings is 1.